The number of ether oxygens (including phenoxy) is 1. The van der Waals surface area contributed by atoms with Crippen molar-refractivity contribution in [2.75, 3.05) is 13.7 Å². The Kier molecular flexibility index (Phi) is 4.60. The number of hydrazone groups is 1. The van der Waals surface area contributed by atoms with Crippen LogP contribution in [0.15, 0.2) is 29.4 Å². The van der Waals surface area contributed by atoms with Gasteiger partial charge in [-0.15, -0.1) is 0 Å². The first-order valence-electron chi connectivity index (χ1n) is 7.77. The van der Waals surface area contributed by atoms with Crippen molar-refractivity contribution in [1.29, 1.82) is 0 Å². The van der Waals surface area contributed by atoms with E-state index < -0.39 is 0 Å². The summed E-state index contributed by atoms with van der Waals surface area (Å²) in [5.41, 5.74) is 2.78. The summed E-state index contributed by atoms with van der Waals surface area (Å²) < 4.78 is 6.00. The molecule has 1 aliphatic heterocycles. The van der Waals surface area contributed by atoms with E-state index in [1.54, 1.807) is 0 Å². The molecule has 0 bridgehead atoms. The van der Waals surface area contributed by atoms with Gasteiger partial charge in [-0.25, -0.2) is 0 Å². The zero-order valence-corrected chi connectivity index (χ0v) is 14.2. The van der Waals surface area contributed by atoms with Gasteiger partial charge >= 0.3 is 0 Å². The molecule has 0 saturated carbocycles. The lowest BCUT2D eigenvalue weighted by atomic mass is 9.78. The highest BCUT2D eigenvalue weighted by Gasteiger charge is 2.23. The first-order valence-corrected chi connectivity index (χ1v) is 7.77. The van der Waals surface area contributed by atoms with Crippen LogP contribution in [-0.4, -0.2) is 30.4 Å². The highest BCUT2D eigenvalue weighted by molar-refractivity contribution is 5.83. The van der Waals surface area contributed by atoms with Crippen LogP contribution in [-0.2, 0) is 0 Å². The molecule has 0 radical (unpaired) electrons. The van der Waals surface area contributed by atoms with E-state index >= 15 is 0 Å². The van der Waals surface area contributed by atoms with Gasteiger partial charge in [0, 0.05) is 19.2 Å². The molecule has 0 saturated heterocycles. The predicted molar refractivity (Wildman–Crippen MR) is 89.1 cm³/mol. The lowest BCUT2D eigenvalue weighted by molar-refractivity contribution is 0.184. The van der Waals surface area contributed by atoms with E-state index in [1.807, 2.05) is 18.1 Å². The van der Waals surface area contributed by atoms with E-state index in [0.29, 0.717) is 18.6 Å². The van der Waals surface area contributed by atoms with Gasteiger partial charge in [0.25, 0.3) is 0 Å². The van der Waals surface area contributed by atoms with Gasteiger partial charge in [0.2, 0.25) is 0 Å². The Labute approximate surface area is 129 Å². The third kappa shape index (κ3) is 3.99. The van der Waals surface area contributed by atoms with Crippen molar-refractivity contribution in [2.24, 2.45) is 10.5 Å². The molecule has 1 heterocycles. The molecule has 3 nitrogen and oxygen atoms in total. The largest absolute Gasteiger partial charge is 0.491 e. The zero-order valence-electron chi connectivity index (χ0n) is 14.2. The maximum Gasteiger partial charge on any atom is 0.119 e. The fraction of sp³-hybridized carbons (Fsp3) is 0.611. The number of rotatable bonds is 4. The van der Waals surface area contributed by atoms with Crippen molar-refractivity contribution in [1.82, 2.24) is 5.01 Å². The molecule has 0 N–H and O–H groups in total. The van der Waals surface area contributed by atoms with Crippen LogP contribution >= 0.6 is 0 Å². The summed E-state index contributed by atoms with van der Waals surface area (Å²) in [7, 11) is 2.02. The van der Waals surface area contributed by atoms with Crippen LogP contribution in [0.1, 0.15) is 52.5 Å². The summed E-state index contributed by atoms with van der Waals surface area (Å²) in [5.74, 6) is 1.46. The first-order chi connectivity index (χ1) is 9.77. The van der Waals surface area contributed by atoms with Crippen molar-refractivity contribution in [3.8, 4) is 5.75 Å². The predicted octanol–water partition coefficient (Wildman–Crippen LogP) is 4.30. The molecular formula is C18H28N2O. The fourth-order valence-corrected chi connectivity index (χ4v) is 2.60. The van der Waals surface area contributed by atoms with Crippen LogP contribution in [0.2, 0.25) is 0 Å². The minimum absolute atomic E-state index is 0.259. The Morgan fingerprint density at radius 3 is 2.67 bits per heavy atom. The van der Waals surface area contributed by atoms with Gasteiger partial charge in [0.15, 0.2) is 0 Å². The van der Waals surface area contributed by atoms with Crippen LogP contribution in [0, 0.1) is 5.41 Å². The molecule has 0 spiro atoms. The Bertz CT molecular complexity index is 516. The zero-order chi connectivity index (χ0) is 15.6. The van der Waals surface area contributed by atoms with Crippen molar-refractivity contribution in [3.63, 3.8) is 0 Å². The average molecular weight is 288 g/mol. The van der Waals surface area contributed by atoms with E-state index in [4.69, 9.17) is 4.74 Å². The third-order valence-corrected chi connectivity index (χ3v) is 4.49. The van der Waals surface area contributed by atoms with Gasteiger partial charge in [-0.1, -0.05) is 39.8 Å². The van der Waals surface area contributed by atoms with Crippen molar-refractivity contribution in [3.05, 3.63) is 29.8 Å². The number of hydrogen-bond acceptors (Lipinski definition) is 3. The molecule has 2 unspecified atom stereocenters. The van der Waals surface area contributed by atoms with E-state index in [9.17, 15) is 0 Å². The Morgan fingerprint density at radius 2 is 2.10 bits per heavy atom. The van der Waals surface area contributed by atoms with Gasteiger partial charge in [0.05, 0.1) is 6.04 Å². The summed E-state index contributed by atoms with van der Waals surface area (Å²) in [6, 6.07) is 8.86. The van der Waals surface area contributed by atoms with Gasteiger partial charge in [-0.2, -0.15) is 5.10 Å². The molecule has 1 aromatic rings. The maximum atomic E-state index is 6.00. The lowest BCUT2D eigenvalue weighted by Crippen LogP contribution is -2.29. The Balaban J connectivity index is 1.99. The summed E-state index contributed by atoms with van der Waals surface area (Å²) in [5, 5.41) is 6.44. The van der Waals surface area contributed by atoms with Crippen molar-refractivity contribution < 1.29 is 4.74 Å². The number of nitrogens with zero attached hydrogens (tertiary/aromatic N) is 2. The highest BCUT2D eigenvalue weighted by Crippen LogP contribution is 2.35. The van der Waals surface area contributed by atoms with E-state index in [1.165, 1.54) is 11.3 Å². The molecule has 1 aromatic carbocycles. The molecule has 2 atom stereocenters. The van der Waals surface area contributed by atoms with Crippen LogP contribution in [0.25, 0.3) is 0 Å². The van der Waals surface area contributed by atoms with Gasteiger partial charge in [0.1, 0.15) is 12.4 Å². The summed E-state index contributed by atoms with van der Waals surface area (Å²) in [6.07, 6.45) is 0.995. The quantitative estimate of drug-likeness (QED) is 0.825. The molecule has 0 aromatic heterocycles. The number of benzene rings is 1. The SMILES string of the molecule is CC1=NN(C)C(COc2cccc(C(C)C(C)(C)C)c2)C1. The number of likely N-dealkylation sites (N-methyl/N-ethyl adjacent to an activating group) is 1. The van der Waals surface area contributed by atoms with E-state index in [2.05, 4.69) is 57.9 Å². The lowest BCUT2D eigenvalue weighted by Gasteiger charge is -2.28. The summed E-state index contributed by atoms with van der Waals surface area (Å²) >= 11 is 0. The van der Waals surface area contributed by atoms with Crippen LogP contribution < -0.4 is 4.74 Å². The molecule has 3 heteroatoms. The van der Waals surface area contributed by atoms with Crippen LogP contribution in [0.5, 0.6) is 5.75 Å². The van der Waals surface area contributed by atoms with Crippen molar-refractivity contribution >= 4 is 5.71 Å². The van der Waals surface area contributed by atoms with E-state index in [-0.39, 0.29) is 5.41 Å². The first kappa shape index (κ1) is 15.9. The van der Waals surface area contributed by atoms with Gasteiger partial charge < -0.3 is 4.74 Å². The second kappa shape index (κ2) is 6.08. The second-order valence-corrected chi connectivity index (χ2v) is 7.24. The Hall–Kier alpha value is -1.51. The molecule has 116 valence electrons. The molecule has 0 aliphatic carbocycles. The summed E-state index contributed by atoms with van der Waals surface area (Å²) in [6.45, 7) is 11.9. The van der Waals surface area contributed by atoms with Crippen LogP contribution in [0.3, 0.4) is 0 Å². The average Bonchev–Trinajstić information content (AvgIpc) is 2.73. The molecule has 21 heavy (non-hydrogen) atoms. The molecule has 0 amide bonds. The topological polar surface area (TPSA) is 24.8 Å². The molecular weight excluding hydrogens is 260 g/mol. The molecule has 2 rings (SSSR count). The van der Waals surface area contributed by atoms with Crippen molar-refractivity contribution in [2.45, 2.75) is 53.0 Å². The molecule has 1 aliphatic rings. The minimum atomic E-state index is 0.259. The third-order valence-electron chi connectivity index (χ3n) is 4.49. The number of hydrogen-bond donors (Lipinski definition) is 0. The fourth-order valence-electron chi connectivity index (χ4n) is 2.60. The normalized spacial score (nSPS) is 20.4. The van der Waals surface area contributed by atoms with Crippen LogP contribution in [0.4, 0.5) is 0 Å². The summed E-state index contributed by atoms with van der Waals surface area (Å²) in [4.78, 5) is 0. The van der Waals surface area contributed by atoms with E-state index in [0.717, 1.165) is 12.2 Å². The monoisotopic (exact) mass is 288 g/mol. The van der Waals surface area contributed by atoms with Gasteiger partial charge in [-0.3, -0.25) is 5.01 Å². The molecule has 0 fully saturated rings. The highest BCUT2D eigenvalue weighted by atomic mass is 16.5. The second-order valence-electron chi connectivity index (χ2n) is 7.24. The smallest absolute Gasteiger partial charge is 0.119 e. The minimum Gasteiger partial charge on any atom is -0.491 e. The standard InChI is InChI=1S/C18H28N2O/c1-13-10-16(20(6)19-13)12-21-17-9-7-8-15(11-17)14(2)18(3,4)5/h7-9,11,14,16H,10,12H2,1-6H3. The van der Waals surface area contributed by atoms with Gasteiger partial charge in [-0.05, 0) is 36.0 Å². The Morgan fingerprint density at radius 1 is 1.38 bits per heavy atom. The maximum absolute atomic E-state index is 6.00.